The zero-order chi connectivity index (χ0) is 15.1. The first-order valence-corrected chi connectivity index (χ1v) is 7.55. The van der Waals surface area contributed by atoms with Gasteiger partial charge in [-0.15, -0.1) is 0 Å². The van der Waals surface area contributed by atoms with E-state index in [2.05, 4.69) is 30.5 Å². The highest BCUT2D eigenvalue weighted by atomic mass is 16.6. The van der Waals surface area contributed by atoms with Gasteiger partial charge in [-0.25, -0.2) is 0 Å². The molecule has 0 spiro atoms. The van der Waals surface area contributed by atoms with Crippen LogP contribution in [0, 0.1) is 29.9 Å². The molecule has 1 aliphatic heterocycles. The Morgan fingerprint density at radius 1 is 1.24 bits per heavy atom. The number of hydrogen-bond donors (Lipinski definition) is 0. The molecule has 1 aromatic rings. The minimum Gasteiger partial charge on any atom is -0.346 e. The monoisotopic (exact) mass is 291 g/mol. The van der Waals surface area contributed by atoms with Crippen molar-refractivity contribution in [1.82, 2.24) is 9.47 Å². The normalized spacial score (nSPS) is 25.9. The quantitative estimate of drug-likeness (QED) is 0.631. The van der Waals surface area contributed by atoms with Gasteiger partial charge in [-0.2, -0.15) is 0 Å². The summed E-state index contributed by atoms with van der Waals surface area (Å²) in [6, 6.07) is 4.05. The molecular formula is C15H21N3O3. The molecule has 3 rings (SSSR count). The van der Waals surface area contributed by atoms with Gasteiger partial charge in [0.15, 0.2) is 0 Å². The van der Waals surface area contributed by atoms with E-state index < -0.39 is 6.04 Å². The van der Waals surface area contributed by atoms with Gasteiger partial charge in [-0.3, -0.25) is 14.9 Å². The number of likely N-dealkylation sites (tertiary alicyclic amines) is 1. The lowest BCUT2D eigenvalue weighted by Gasteiger charge is -2.34. The summed E-state index contributed by atoms with van der Waals surface area (Å²) >= 11 is 0. The van der Waals surface area contributed by atoms with Crippen LogP contribution in [0.5, 0.6) is 0 Å². The van der Waals surface area contributed by atoms with Crippen molar-refractivity contribution in [2.45, 2.75) is 45.2 Å². The Balaban J connectivity index is 1.59. The molecule has 1 aromatic heterocycles. The van der Waals surface area contributed by atoms with Gasteiger partial charge in [0, 0.05) is 41.9 Å². The zero-order valence-electron chi connectivity index (χ0n) is 12.5. The average molecular weight is 291 g/mol. The molecule has 21 heavy (non-hydrogen) atoms. The lowest BCUT2D eigenvalue weighted by atomic mass is 10.0. The second-order valence-corrected chi connectivity index (χ2v) is 6.24. The van der Waals surface area contributed by atoms with Crippen molar-refractivity contribution >= 4 is 5.91 Å². The minimum atomic E-state index is -0.635. The maximum absolute atomic E-state index is 12.2. The summed E-state index contributed by atoms with van der Waals surface area (Å²) in [4.78, 5) is 24.4. The lowest BCUT2D eigenvalue weighted by Crippen LogP contribution is -2.40. The molecule has 2 heterocycles. The van der Waals surface area contributed by atoms with Crippen LogP contribution in [0.4, 0.5) is 0 Å². The number of amides is 1. The van der Waals surface area contributed by atoms with Gasteiger partial charge >= 0.3 is 0 Å². The summed E-state index contributed by atoms with van der Waals surface area (Å²) in [5.41, 5.74) is 2.51. The molecule has 1 saturated heterocycles. The van der Waals surface area contributed by atoms with Crippen molar-refractivity contribution < 1.29 is 9.72 Å². The summed E-state index contributed by atoms with van der Waals surface area (Å²) in [6.07, 6.45) is 2.28. The smallest absolute Gasteiger partial charge is 0.232 e. The highest BCUT2D eigenvalue weighted by Gasteiger charge is 2.54. The number of carbonyl (C=O) groups excluding carboxylic acids is 1. The molecule has 0 radical (unpaired) electrons. The molecule has 0 bridgehead atoms. The molecule has 1 amide bonds. The van der Waals surface area contributed by atoms with E-state index in [0.717, 1.165) is 12.8 Å². The van der Waals surface area contributed by atoms with E-state index in [1.165, 1.54) is 11.4 Å². The lowest BCUT2D eigenvalue weighted by molar-refractivity contribution is -0.497. The first-order valence-electron chi connectivity index (χ1n) is 7.55. The van der Waals surface area contributed by atoms with Crippen LogP contribution in [0.25, 0.3) is 0 Å². The van der Waals surface area contributed by atoms with E-state index in [1.54, 1.807) is 0 Å². The van der Waals surface area contributed by atoms with Crippen LogP contribution >= 0.6 is 0 Å². The molecule has 6 nitrogen and oxygen atoms in total. The van der Waals surface area contributed by atoms with Crippen LogP contribution in [-0.4, -0.2) is 39.4 Å². The van der Waals surface area contributed by atoms with Crippen LogP contribution in [0.15, 0.2) is 12.1 Å². The molecule has 0 aromatic carbocycles. The Morgan fingerprint density at radius 2 is 1.81 bits per heavy atom. The first kappa shape index (κ1) is 14.1. The number of hydrogen-bond acceptors (Lipinski definition) is 3. The predicted molar refractivity (Wildman–Crippen MR) is 77.6 cm³/mol. The summed E-state index contributed by atoms with van der Waals surface area (Å²) in [5.74, 6) is -0.386. The molecule has 2 atom stereocenters. The fraction of sp³-hybridized carbons (Fsp3) is 0.667. The molecule has 1 saturated carbocycles. The second-order valence-electron chi connectivity index (χ2n) is 6.24. The van der Waals surface area contributed by atoms with Crippen LogP contribution in [0.1, 0.15) is 36.7 Å². The Morgan fingerprint density at radius 3 is 2.29 bits per heavy atom. The van der Waals surface area contributed by atoms with E-state index >= 15 is 0 Å². The molecule has 114 valence electrons. The van der Waals surface area contributed by atoms with Crippen molar-refractivity contribution in [3.05, 3.63) is 33.6 Å². The van der Waals surface area contributed by atoms with Crippen molar-refractivity contribution in [1.29, 1.82) is 0 Å². The van der Waals surface area contributed by atoms with Gasteiger partial charge in [-0.05, 0) is 38.8 Å². The van der Waals surface area contributed by atoms with Gasteiger partial charge in [-0.1, -0.05) is 0 Å². The largest absolute Gasteiger partial charge is 0.346 e. The fourth-order valence-corrected chi connectivity index (χ4v) is 3.51. The van der Waals surface area contributed by atoms with Crippen molar-refractivity contribution in [2.75, 3.05) is 13.1 Å². The van der Waals surface area contributed by atoms with E-state index in [4.69, 9.17) is 0 Å². The number of aryl methyl sites for hydroxylation is 2. The topological polar surface area (TPSA) is 68.4 Å². The molecule has 2 fully saturated rings. The van der Waals surface area contributed by atoms with E-state index in [1.807, 2.05) is 4.90 Å². The van der Waals surface area contributed by atoms with Crippen LogP contribution < -0.4 is 0 Å². The maximum Gasteiger partial charge on any atom is 0.232 e. The number of piperidine rings is 1. The molecular weight excluding hydrogens is 270 g/mol. The summed E-state index contributed by atoms with van der Waals surface area (Å²) in [5, 5.41) is 10.7. The number of carbonyl (C=O) groups is 1. The summed E-state index contributed by atoms with van der Waals surface area (Å²) in [6.45, 7) is 5.63. The molecule has 2 aliphatic rings. The number of rotatable bonds is 3. The molecule has 0 N–H and O–H groups in total. The van der Waals surface area contributed by atoms with Crippen molar-refractivity contribution in [2.24, 2.45) is 5.92 Å². The van der Waals surface area contributed by atoms with Crippen molar-refractivity contribution in [3.8, 4) is 0 Å². The van der Waals surface area contributed by atoms with Gasteiger partial charge in [0.05, 0.1) is 0 Å². The molecule has 6 heteroatoms. The van der Waals surface area contributed by atoms with E-state index in [9.17, 15) is 14.9 Å². The van der Waals surface area contributed by atoms with Gasteiger partial charge in [0.1, 0.15) is 5.92 Å². The number of aromatic nitrogens is 1. The summed E-state index contributed by atoms with van der Waals surface area (Å²) in [7, 11) is 0. The third-order valence-electron chi connectivity index (χ3n) is 4.81. The predicted octanol–water partition coefficient (Wildman–Crippen LogP) is 1.93. The Kier molecular flexibility index (Phi) is 3.47. The van der Waals surface area contributed by atoms with Gasteiger partial charge in [0.25, 0.3) is 0 Å². The molecule has 1 aliphatic carbocycles. The van der Waals surface area contributed by atoms with Crippen LogP contribution in [-0.2, 0) is 4.79 Å². The first-order chi connectivity index (χ1) is 9.99. The van der Waals surface area contributed by atoms with E-state index in [-0.39, 0.29) is 16.7 Å². The highest BCUT2D eigenvalue weighted by Crippen LogP contribution is 2.36. The number of nitrogens with zero attached hydrogens (tertiary/aromatic N) is 3. The second kappa shape index (κ2) is 5.16. The van der Waals surface area contributed by atoms with Crippen LogP contribution in [0.2, 0.25) is 0 Å². The van der Waals surface area contributed by atoms with Crippen molar-refractivity contribution in [3.63, 3.8) is 0 Å². The third kappa shape index (κ3) is 2.54. The van der Waals surface area contributed by atoms with Gasteiger partial charge < -0.3 is 9.47 Å². The average Bonchev–Trinajstić information content (AvgIpc) is 3.20. The SMILES string of the molecule is Cc1ccc(C)n1C1CCN(C(=O)[C@H]2C[C@@H]2[N+](=O)[O-])CC1. The number of nitro groups is 1. The maximum atomic E-state index is 12.2. The van der Waals surface area contributed by atoms with Gasteiger partial charge in [0.2, 0.25) is 11.9 Å². The third-order valence-corrected chi connectivity index (χ3v) is 4.81. The fourth-order valence-electron chi connectivity index (χ4n) is 3.51. The summed E-state index contributed by atoms with van der Waals surface area (Å²) < 4.78 is 2.35. The zero-order valence-corrected chi connectivity index (χ0v) is 12.5. The van der Waals surface area contributed by atoms with Crippen LogP contribution in [0.3, 0.4) is 0 Å². The standard InChI is InChI=1S/C15H21N3O3/c1-10-3-4-11(2)17(10)12-5-7-16(8-6-12)15(19)13-9-14(13)18(20)21/h3-4,12-14H,5-9H2,1-2H3/t13-,14-/m0/s1. The minimum absolute atomic E-state index is 0.0175. The Hall–Kier alpha value is -1.85. The van der Waals surface area contributed by atoms with E-state index in [0.29, 0.717) is 25.6 Å². The molecule has 0 unspecified atom stereocenters. The highest BCUT2D eigenvalue weighted by molar-refractivity contribution is 5.82. The Bertz CT molecular complexity index is 553. The Labute approximate surface area is 123 Å².